The third-order valence-electron chi connectivity index (χ3n) is 3.63. The van der Waals surface area contributed by atoms with Gasteiger partial charge in [0.1, 0.15) is 0 Å². The predicted molar refractivity (Wildman–Crippen MR) is 94.1 cm³/mol. The number of benzene rings is 2. The fourth-order valence-electron chi connectivity index (χ4n) is 2.41. The number of esters is 1. The molecule has 0 fully saturated rings. The summed E-state index contributed by atoms with van der Waals surface area (Å²) in [4.78, 5) is 12.1. The molecular weight excluding hydrogens is 320 g/mol. The summed E-state index contributed by atoms with van der Waals surface area (Å²) in [6, 6.07) is 10.8. The second-order valence-corrected chi connectivity index (χ2v) is 5.35. The summed E-state index contributed by atoms with van der Waals surface area (Å²) in [5.74, 6) is 1.74. The zero-order valence-electron chi connectivity index (χ0n) is 13.9. The average Bonchev–Trinajstić information content (AvgIpc) is 3.09. The van der Waals surface area contributed by atoms with Crippen LogP contribution >= 0.6 is 0 Å². The van der Waals surface area contributed by atoms with Crippen molar-refractivity contribution in [2.24, 2.45) is 0 Å². The minimum atomic E-state index is -0.493. The van der Waals surface area contributed by atoms with Crippen LogP contribution in [0.4, 0.5) is 0 Å². The highest BCUT2D eigenvalue weighted by atomic mass is 16.7. The summed E-state index contributed by atoms with van der Waals surface area (Å²) in [6.07, 6.45) is 5.53. The van der Waals surface area contributed by atoms with Gasteiger partial charge in [0, 0.05) is 6.08 Å². The van der Waals surface area contributed by atoms with Crippen LogP contribution in [-0.2, 0) is 11.2 Å². The van der Waals surface area contributed by atoms with Gasteiger partial charge >= 0.3 is 5.97 Å². The Kier molecular flexibility index (Phi) is 5.04. The minimum Gasteiger partial charge on any atom is -0.493 e. The lowest BCUT2D eigenvalue weighted by Gasteiger charge is -2.09. The van der Waals surface area contributed by atoms with Crippen LogP contribution in [0.25, 0.3) is 6.08 Å². The van der Waals surface area contributed by atoms with Gasteiger partial charge in [0.25, 0.3) is 0 Å². The predicted octanol–water partition coefficient (Wildman–Crippen LogP) is 3.77. The van der Waals surface area contributed by atoms with Crippen molar-refractivity contribution in [1.29, 1.82) is 0 Å². The van der Waals surface area contributed by atoms with Gasteiger partial charge in [-0.2, -0.15) is 0 Å². The molecule has 5 nitrogen and oxygen atoms in total. The van der Waals surface area contributed by atoms with Crippen LogP contribution in [0.5, 0.6) is 23.0 Å². The van der Waals surface area contributed by atoms with Crippen molar-refractivity contribution >= 4 is 12.0 Å². The number of fused-ring (bicyclic) bond motifs is 1. The Morgan fingerprint density at radius 3 is 2.80 bits per heavy atom. The molecule has 2 aromatic rings. The van der Waals surface area contributed by atoms with E-state index in [4.69, 9.17) is 18.9 Å². The minimum absolute atomic E-state index is 0.214. The normalized spacial score (nSPS) is 12.2. The second-order valence-electron chi connectivity index (χ2n) is 5.35. The number of hydrogen-bond acceptors (Lipinski definition) is 5. The van der Waals surface area contributed by atoms with E-state index in [1.165, 1.54) is 13.2 Å². The third-order valence-corrected chi connectivity index (χ3v) is 3.63. The number of carbonyl (C=O) groups excluding carboxylic acids is 1. The number of methoxy groups -OCH3 is 1. The van der Waals surface area contributed by atoms with Crippen molar-refractivity contribution in [3.05, 3.63) is 66.3 Å². The van der Waals surface area contributed by atoms with Gasteiger partial charge in [-0.1, -0.05) is 18.2 Å². The Morgan fingerprint density at radius 1 is 1.16 bits per heavy atom. The Hall–Kier alpha value is -3.21. The molecule has 1 aliphatic rings. The van der Waals surface area contributed by atoms with Gasteiger partial charge in [-0.25, -0.2) is 4.79 Å². The fourth-order valence-corrected chi connectivity index (χ4v) is 2.41. The van der Waals surface area contributed by atoms with Crippen molar-refractivity contribution in [3.63, 3.8) is 0 Å². The van der Waals surface area contributed by atoms with Crippen LogP contribution in [0, 0.1) is 0 Å². The molecule has 1 aliphatic heterocycles. The molecule has 1 heterocycles. The summed E-state index contributed by atoms with van der Waals surface area (Å²) in [6.45, 7) is 3.92. The topological polar surface area (TPSA) is 54.0 Å². The summed E-state index contributed by atoms with van der Waals surface area (Å²) >= 11 is 0. The van der Waals surface area contributed by atoms with Gasteiger partial charge in [0.05, 0.1) is 7.11 Å². The molecule has 5 heteroatoms. The largest absolute Gasteiger partial charge is 0.493 e. The van der Waals surface area contributed by atoms with Crippen LogP contribution in [-0.4, -0.2) is 19.9 Å². The lowest BCUT2D eigenvalue weighted by Crippen LogP contribution is -2.05. The Bertz CT molecular complexity index is 823. The van der Waals surface area contributed by atoms with E-state index in [9.17, 15) is 4.79 Å². The molecule has 0 bridgehead atoms. The van der Waals surface area contributed by atoms with E-state index in [1.807, 2.05) is 18.2 Å². The van der Waals surface area contributed by atoms with Crippen molar-refractivity contribution < 1.29 is 23.7 Å². The number of ether oxygens (including phenoxy) is 4. The molecule has 0 amide bonds. The fraction of sp³-hybridized carbons (Fsp3) is 0.150. The number of allylic oxidation sites excluding steroid dienone is 1. The van der Waals surface area contributed by atoms with E-state index in [0.717, 1.165) is 11.1 Å². The molecule has 0 saturated heterocycles. The van der Waals surface area contributed by atoms with Crippen LogP contribution in [0.15, 0.2) is 55.1 Å². The lowest BCUT2D eigenvalue weighted by atomic mass is 10.1. The van der Waals surface area contributed by atoms with E-state index in [1.54, 1.807) is 30.4 Å². The standard InChI is InChI=1S/C20H18O5/c1-3-4-14-6-9-17(18(11-14)22-2)25-20(21)10-7-15-5-8-16-19(12-15)24-13-23-16/h3,5-12H,1,4,13H2,2H3. The van der Waals surface area contributed by atoms with Gasteiger partial charge in [0.15, 0.2) is 23.0 Å². The Balaban J connectivity index is 1.69. The van der Waals surface area contributed by atoms with Gasteiger partial charge in [-0.3, -0.25) is 0 Å². The average molecular weight is 338 g/mol. The maximum absolute atomic E-state index is 12.1. The van der Waals surface area contributed by atoms with E-state index in [0.29, 0.717) is 29.4 Å². The zero-order chi connectivity index (χ0) is 17.6. The lowest BCUT2D eigenvalue weighted by molar-refractivity contribution is -0.129. The molecule has 25 heavy (non-hydrogen) atoms. The molecule has 128 valence electrons. The Labute approximate surface area is 146 Å². The highest BCUT2D eigenvalue weighted by Crippen LogP contribution is 2.33. The van der Waals surface area contributed by atoms with Crippen molar-refractivity contribution in [3.8, 4) is 23.0 Å². The number of carbonyl (C=O) groups is 1. The summed E-state index contributed by atoms with van der Waals surface area (Å²) in [7, 11) is 1.53. The summed E-state index contributed by atoms with van der Waals surface area (Å²) in [5.41, 5.74) is 1.84. The molecule has 0 radical (unpaired) electrons. The van der Waals surface area contributed by atoms with E-state index < -0.39 is 5.97 Å². The first-order valence-corrected chi connectivity index (χ1v) is 7.77. The zero-order valence-corrected chi connectivity index (χ0v) is 13.9. The quantitative estimate of drug-likeness (QED) is 0.347. The van der Waals surface area contributed by atoms with E-state index in [2.05, 4.69) is 6.58 Å². The van der Waals surface area contributed by atoms with Crippen molar-refractivity contribution in [2.45, 2.75) is 6.42 Å². The molecular formula is C20H18O5. The van der Waals surface area contributed by atoms with Crippen LogP contribution < -0.4 is 18.9 Å². The van der Waals surface area contributed by atoms with Crippen molar-refractivity contribution in [2.75, 3.05) is 13.9 Å². The van der Waals surface area contributed by atoms with Gasteiger partial charge in [0.2, 0.25) is 6.79 Å². The monoisotopic (exact) mass is 338 g/mol. The maximum Gasteiger partial charge on any atom is 0.336 e. The van der Waals surface area contributed by atoms with Crippen LogP contribution in [0.3, 0.4) is 0 Å². The first-order chi connectivity index (χ1) is 12.2. The highest BCUT2D eigenvalue weighted by Gasteiger charge is 2.13. The molecule has 2 aromatic carbocycles. The highest BCUT2D eigenvalue weighted by molar-refractivity contribution is 5.89. The number of rotatable bonds is 6. The Morgan fingerprint density at radius 2 is 2.00 bits per heavy atom. The molecule has 0 saturated carbocycles. The molecule has 0 unspecified atom stereocenters. The first-order valence-electron chi connectivity index (χ1n) is 7.77. The van der Waals surface area contributed by atoms with Gasteiger partial charge in [-0.05, 0) is 47.9 Å². The van der Waals surface area contributed by atoms with Crippen molar-refractivity contribution in [1.82, 2.24) is 0 Å². The first kappa shape index (κ1) is 16.6. The maximum atomic E-state index is 12.1. The SMILES string of the molecule is C=CCc1ccc(OC(=O)C=Cc2ccc3c(c2)OCO3)c(OC)c1. The molecule has 0 atom stereocenters. The molecule has 3 rings (SSSR count). The smallest absolute Gasteiger partial charge is 0.336 e. The molecule has 0 aliphatic carbocycles. The number of hydrogen-bond donors (Lipinski definition) is 0. The molecule has 0 N–H and O–H groups in total. The van der Waals surface area contributed by atoms with Crippen LogP contribution in [0.2, 0.25) is 0 Å². The second kappa shape index (κ2) is 7.57. The van der Waals surface area contributed by atoms with E-state index in [-0.39, 0.29) is 6.79 Å². The molecule has 0 aromatic heterocycles. The van der Waals surface area contributed by atoms with Crippen LogP contribution in [0.1, 0.15) is 11.1 Å². The van der Waals surface area contributed by atoms with E-state index >= 15 is 0 Å². The van der Waals surface area contributed by atoms with Gasteiger partial charge < -0.3 is 18.9 Å². The molecule has 0 spiro atoms. The summed E-state index contributed by atoms with van der Waals surface area (Å²) < 4.78 is 21.2. The third kappa shape index (κ3) is 4.01. The van der Waals surface area contributed by atoms with Gasteiger partial charge in [-0.15, -0.1) is 6.58 Å². The summed E-state index contributed by atoms with van der Waals surface area (Å²) in [5, 5.41) is 0.